The van der Waals surface area contributed by atoms with Gasteiger partial charge in [0.25, 0.3) is 0 Å². The van der Waals surface area contributed by atoms with E-state index in [2.05, 4.69) is 0 Å². The highest BCUT2D eigenvalue weighted by atomic mass is 35.5. The number of primary amides is 1. The van der Waals surface area contributed by atoms with Crippen LogP contribution < -0.4 is 5.73 Å². The van der Waals surface area contributed by atoms with Crippen molar-refractivity contribution in [2.75, 3.05) is 11.8 Å². The standard InChI is InChI=1S/C4H8ClNO2.C4H6ClNO/c5-2-3(7)1-4(6)8;5-3-4(7)1-2-6/h3,7H,1-2H2,(H2,6,8);4,7H,1,3H2. The summed E-state index contributed by atoms with van der Waals surface area (Å²) in [5.74, 6) is -0.325. The lowest BCUT2D eigenvalue weighted by Gasteiger charge is -1.99. The molecule has 0 aromatic rings. The van der Waals surface area contributed by atoms with Gasteiger partial charge in [-0.3, -0.25) is 4.79 Å². The average Bonchev–Trinajstić information content (AvgIpc) is 2.18. The molecule has 0 aliphatic heterocycles. The first-order valence-electron chi connectivity index (χ1n) is 4.11. The second-order valence-corrected chi connectivity index (χ2v) is 3.27. The van der Waals surface area contributed by atoms with Gasteiger partial charge >= 0.3 is 0 Å². The third-order valence-electron chi connectivity index (χ3n) is 1.12. The summed E-state index contributed by atoms with van der Waals surface area (Å²) in [6, 6.07) is 1.78. The first kappa shape index (κ1) is 16.9. The molecule has 2 atom stereocenters. The first-order chi connectivity index (χ1) is 6.97. The summed E-state index contributed by atoms with van der Waals surface area (Å²) in [5.41, 5.74) is 4.71. The summed E-state index contributed by atoms with van der Waals surface area (Å²) in [7, 11) is 0. The summed E-state index contributed by atoms with van der Waals surface area (Å²) in [5, 5.41) is 25.0. The zero-order valence-electron chi connectivity index (χ0n) is 8.07. The molecule has 2 unspecified atom stereocenters. The van der Waals surface area contributed by atoms with Crippen LogP contribution in [0.5, 0.6) is 0 Å². The van der Waals surface area contributed by atoms with Crippen LogP contribution in [0.15, 0.2) is 0 Å². The maximum atomic E-state index is 9.97. The molecular weight excluding hydrogens is 243 g/mol. The molecule has 0 aromatic heterocycles. The van der Waals surface area contributed by atoms with Crippen molar-refractivity contribution in [3.63, 3.8) is 0 Å². The van der Waals surface area contributed by atoms with Gasteiger partial charge in [-0.1, -0.05) is 0 Å². The number of nitriles is 1. The van der Waals surface area contributed by atoms with E-state index < -0.39 is 18.1 Å². The number of hydrogen-bond acceptors (Lipinski definition) is 4. The lowest BCUT2D eigenvalue weighted by atomic mass is 10.3. The maximum Gasteiger partial charge on any atom is 0.220 e. The first-order valence-corrected chi connectivity index (χ1v) is 5.18. The van der Waals surface area contributed by atoms with E-state index in [4.69, 9.17) is 44.4 Å². The van der Waals surface area contributed by atoms with Crippen LogP contribution in [-0.4, -0.2) is 40.1 Å². The van der Waals surface area contributed by atoms with Crippen LogP contribution in [0.3, 0.4) is 0 Å². The van der Waals surface area contributed by atoms with Crippen LogP contribution >= 0.6 is 23.2 Å². The summed E-state index contributed by atoms with van der Waals surface area (Å²) in [6.45, 7) is 0. The maximum absolute atomic E-state index is 9.97. The van der Waals surface area contributed by atoms with Crippen LogP contribution in [0, 0.1) is 11.3 Å². The number of rotatable bonds is 5. The largest absolute Gasteiger partial charge is 0.391 e. The SMILES string of the molecule is N#CCC(O)CCl.NC(=O)CC(O)CCl. The molecule has 5 nitrogen and oxygen atoms in total. The van der Waals surface area contributed by atoms with Gasteiger partial charge in [-0.15, -0.1) is 23.2 Å². The highest BCUT2D eigenvalue weighted by molar-refractivity contribution is 6.18. The number of aliphatic hydroxyl groups is 2. The van der Waals surface area contributed by atoms with Gasteiger partial charge in [-0.2, -0.15) is 5.26 Å². The van der Waals surface area contributed by atoms with Crippen molar-refractivity contribution in [2.24, 2.45) is 5.73 Å². The lowest BCUT2D eigenvalue weighted by molar-refractivity contribution is -0.119. The Balaban J connectivity index is 0. The second-order valence-electron chi connectivity index (χ2n) is 2.65. The van der Waals surface area contributed by atoms with Crippen molar-refractivity contribution in [3.8, 4) is 6.07 Å². The fraction of sp³-hybridized carbons (Fsp3) is 0.750. The molecule has 0 aliphatic carbocycles. The zero-order chi connectivity index (χ0) is 12.3. The van der Waals surface area contributed by atoms with E-state index >= 15 is 0 Å². The summed E-state index contributed by atoms with van der Waals surface area (Å²) >= 11 is 10.3. The van der Waals surface area contributed by atoms with Crippen molar-refractivity contribution in [2.45, 2.75) is 25.0 Å². The van der Waals surface area contributed by atoms with Gasteiger partial charge < -0.3 is 15.9 Å². The molecule has 0 bridgehead atoms. The fourth-order valence-electron chi connectivity index (χ4n) is 0.447. The molecule has 88 valence electrons. The van der Waals surface area contributed by atoms with E-state index in [1.165, 1.54) is 0 Å². The smallest absolute Gasteiger partial charge is 0.220 e. The van der Waals surface area contributed by atoms with Crippen molar-refractivity contribution < 1.29 is 15.0 Å². The normalized spacial score (nSPS) is 13.0. The minimum Gasteiger partial charge on any atom is -0.391 e. The van der Waals surface area contributed by atoms with E-state index in [-0.39, 0.29) is 24.6 Å². The highest BCUT2D eigenvalue weighted by Gasteiger charge is 2.04. The molecule has 0 radical (unpaired) electrons. The molecule has 0 rings (SSSR count). The Labute approximate surface area is 98.4 Å². The Bertz CT molecular complexity index is 209. The number of amides is 1. The number of nitrogens with two attached hydrogens (primary N) is 1. The summed E-state index contributed by atoms with van der Waals surface area (Å²) in [6.07, 6.45) is -1.35. The van der Waals surface area contributed by atoms with Crippen molar-refractivity contribution in [1.29, 1.82) is 5.26 Å². The Morgan fingerprint density at radius 3 is 1.93 bits per heavy atom. The fourth-order valence-corrected chi connectivity index (χ4v) is 0.665. The number of carbonyl (C=O) groups excluding carboxylic acids is 1. The highest BCUT2D eigenvalue weighted by Crippen LogP contribution is 1.91. The monoisotopic (exact) mass is 256 g/mol. The number of carbonyl (C=O) groups is 1. The zero-order valence-corrected chi connectivity index (χ0v) is 9.58. The quantitative estimate of drug-likeness (QED) is 0.600. The van der Waals surface area contributed by atoms with Crippen LogP contribution in [0.25, 0.3) is 0 Å². The number of alkyl halides is 2. The minimum atomic E-state index is -0.783. The molecule has 0 heterocycles. The third-order valence-corrected chi connectivity index (χ3v) is 1.83. The van der Waals surface area contributed by atoms with Gasteiger partial charge in [-0.05, 0) is 0 Å². The van der Waals surface area contributed by atoms with Crippen molar-refractivity contribution >= 4 is 29.1 Å². The molecule has 1 amide bonds. The van der Waals surface area contributed by atoms with Crippen LogP contribution in [0.1, 0.15) is 12.8 Å². The van der Waals surface area contributed by atoms with Gasteiger partial charge in [-0.25, -0.2) is 0 Å². The summed E-state index contributed by atoms with van der Waals surface area (Å²) < 4.78 is 0. The average molecular weight is 257 g/mol. The summed E-state index contributed by atoms with van der Waals surface area (Å²) in [4.78, 5) is 9.97. The predicted molar refractivity (Wildman–Crippen MR) is 57.5 cm³/mol. The molecule has 4 N–H and O–H groups in total. The molecule has 15 heavy (non-hydrogen) atoms. The Morgan fingerprint density at radius 2 is 1.80 bits per heavy atom. The molecule has 0 aliphatic rings. The van der Waals surface area contributed by atoms with Crippen molar-refractivity contribution in [1.82, 2.24) is 0 Å². The number of halogens is 2. The molecule has 0 spiro atoms. The van der Waals surface area contributed by atoms with Gasteiger partial charge in [0.15, 0.2) is 0 Å². The molecule has 0 fully saturated rings. The number of nitrogens with zero attached hydrogens (tertiary/aromatic N) is 1. The number of aliphatic hydroxyl groups excluding tert-OH is 2. The van der Waals surface area contributed by atoms with E-state index in [1.54, 1.807) is 6.07 Å². The van der Waals surface area contributed by atoms with E-state index in [1.807, 2.05) is 0 Å². The predicted octanol–water partition coefficient (Wildman–Crippen LogP) is -0.0387. The molecule has 0 saturated carbocycles. The Kier molecular flexibility index (Phi) is 13.0. The minimum absolute atomic E-state index is 0.0521. The number of hydrogen-bond donors (Lipinski definition) is 3. The van der Waals surface area contributed by atoms with Gasteiger partial charge in [0.05, 0.1) is 31.1 Å². The van der Waals surface area contributed by atoms with E-state index in [0.717, 1.165) is 0 Å². The van der Waals surface area contributed by atoms with Gasteiger partial charge in [0.2, 0.25) is 5.91 Å². The lowest BCUT2D eigenvalue weighted by Crippen LogP contribution is -2.20. The van der Waals surface area contributed by atoms with Crippen LogP contribution in [0.4, 0.5) is 0 Å². The Hall–Kier alpha value is -0.540. The topological polar surface area (TPSA) is 107 Å². The second kappa shape index (κ2) is 11.5. The van der Waals surface area contributed by atoms with E-state index in [9.17, 15) is 4.79 Å². The van der Waals surface area contributed by atoms with E-state index in [0.29, 0.717) is 0 Å². The molecule has 0 aromatic carbocycles. The van der Waals surface area contributed by atoms with Crippen LogP contribution in [0.2, 0.25) is 0 Å². The Morgan fingerprint density at radius 1 is 1.33 bits per heavy atom. The molecule has 7 heteroatoms. The van der Waals surface area contributed by atoms with Crippen molar-refractivity contribution in [3.05, 3.63) is 0 Å². The third kappa shape index (κ3) is 16.2. The molecule has 0 saturated heterocycles. The van der Waals surface area contributed by atoms with Gasteiger partial charge in [0, 0.05) is 11.8 Å². The van der Waals surface area contributed by atoms with Crippen LogP contribution in [-0.2, 0) is 4.79 Å². The van der Waals surface area contributed by atoms with Gasteiger partial charge in [0.1, 0.15) is 0 Å². The molecular formula is C8H14Cl2N2O3.